The van der Waals surface area contributed by atoms with E-state index in [2.05, 4.69) is 41.1 Å². The van der Waals surface area contributed by atoms with E-state index < -0.39 is 0 Å². The Kier molecular flexibility index (Phi) is 5.43. The Balaban J connectivity index is 1.75. The van der Waals surface area contributed by atoms with E-state index in [0.29, 0.717) is 0 Å². The molecule has 0 saturated carbocycles. The van der Waals surface area contributed by atoms with Crippen LogP contribution in [-0.4, -0.2) is 49.6 Å². The van der Waals surface area contributed by atoms with Crippen molar-refractivity contribution in [3.8, 4) is 0 Å². The minimum Gasteiger partial charge on any atom is -0.463 e. The number of hydrogen-bond acceptors (Lipinski definition) is 4. The minimum absolute atomic E-state index is 0.765. The molecule has 4 heteroatoms. The summed E-state index contributed by atoms with van der Waals surface area (Å²) < 4.78 is 5.80. The molecular weight excluding hydrogens is 238 g/mol. The van der Waals surface area contributed by atoms with Gasteiger partial charge in [0.15, 0.2) is 0 Å². The molecule has 1 saturated heterocycles. The lowest BCUT2D eigenvalue weighted by molar-refractivity contribution is 0.111. The van der Waals surface area contributed by atoms with Crippen LogP contribution in [0, 0.1) is 5.92 Å². The van der Waals surface area contributed by atoms with Crippen molar-refractivity contribution < 1.29 is 4.42 Å². The molecular formula is C15H27N3O. The summed E-state index contributed by atoms with van der Waals surface area (Å²) in [6.07, 6.45) is 0. The molecule has 1 fully saturated rings. The molecule has 19 heavy (non-hydrogen) atoms. The van der Waals surface area contributed by atoms with Crippen molar-refractivity contribution in [2.75, 3.05) is 39.8 Å². The number of nitrogens with zero attached hydrogens (tertiary/aromatic N) is 2. The van der Waals surface area contributed by atoms with E-state index in [4.69, 9.17) is 4.42 Å². The van der Waals surface area contributed by atoms with Crippen molar-refractivity contribution in [3.05, 3.63) is 23.7 Å². The number of hydrogen-bond donors (Lipinski definition) is 1. The van der Waals surface area contributed by atoms with Crippen LogP contribution in [0.1, 0.15) is 25.4 Å². The summed E-state index contributed by atoms with van der Waals surface area (Å²) in [5, 5.41) is 3.11. The number of furan rings is 1. The molecule has 108 valence electrons. The topological polar surface area (TPSA) is 31.6 Å². The second-order valence-corrected chi connectivity index (χ2v) is 5.87. The summed E-state index contributed by atoms with van der Waals surface area (Å²) in [4.78, 5) is 5.05. The van der Waals surface area contributed by atoms with Crippen molar-refractivity contribution in [1.29, 1.82) is 0 Å². The van der Waals surface area contributed by atoms with Crippen molar-refractivity contribution >= 4 is 0 Å². The largest absolute Gasteiger partial charge is 0.463 e. The smallest absolute Gasteiger partial charge is 0.118 e. The van der Waals surface area contributed by atoms with Gasteiger partial charge >= 0.3 is 0 Å². The van der Waals surface area contributed by atoms with E-state index in [1.165, 1.54) is 19.6 Å². The van der Waals surface area contributed by atoms with Gasteiger partial charge in [0.1, 0.15) is 11.5 Å². The van der Waals surface area contributed by atoms with E-state index in [1.807, 2.05) is 7.05 Å². The third kappa shape index (κ3) is 4.64. The Hall–Kier alpha value is -0.840. The third-order valence-electron chi connectivity index (χ3n) is 3.54. The zero-order valence-corrected chi connectivity index (χ0v) is 12.5. The molecule has 0 aromatic carbocycles. The Morgan fingerprint density at radius 3 is 2.37 bits per heavy atom. The predicted octanol–water partition coefficient (Wildman–Crippen LogP) is 1.77. The third-order valence-corrected chi connectivity index (χ3v) is 3.54. The van der Waals surface area contributed by atoms with Crippen LogP contribution in [0.15, 0.2) is 16.5 Å². The lowest BCUT2D eigenvalue weighted by Gasteiger charge is -2.35. The summed E-state index contributed by atoms with van der Waals surface area (Å²) in [7, 11) is 1.94. The van der Waals surface area contributed by atoms with Crippen molar-refractivity contribution in [3.63, 3.8) is 0 Å². The molecule has 2 heterocycles. The van der Waals surface area contributed by atoms with E-state index >= 15 is 0 Å². The van der Waals surface area contributed by atoms with E-state index in [9.17, 15) is 0 Å². The van der Waals surface area contributed by atoms with E-state index in [0.717, 1.165) is 43.6 Å². The molecule has 0 spiro atoms. The first kappa shape index (κ1) is 14.6. The zero-order valence-electron chi connectivity index (χ0n) is 12.5. The molecule has 1 aliphatic heterocycles. The van der Waals surface area contributed by atoms with Gasteiger partial charge in [-0.15, -0.1) is 0 Å². The first-order valence-corrected chi connectivity index (χ1v) is 7.34. The van der Waals surface area contributed by atoms with Gasteiger partial charge < -0.3 is 14.6 Å². The lowest BCUT2D eigenvalue weighted by Crippen LogP contribution is -2.46. The fourth-order valence-corrected chi connectivity index (χ4v) is 2.64. The van der Waals surface area contributed by atoms with Gasteiger partial charge in [0.25, 0.3) is 0 Å². The first-order chi connectivity index (χ1) is 9.17. The monoisotopic (exact) mass is 265 g/mol. The minimum atomic E-state index is 0.765. The zero-order chi connectivity index (χ0) is 13.7. The molecule has 0 bridgehead atoms. The Bertz CT molecular complexity index is 367. The van der Waals surface area contributed by atoms with Crippen LogP contribution < -0.4 is 5.32 Å². The molecule has 0 amide bonds. The number of piperazine rings is 1. The van der Waals surface area contributed by atoms with Crippen LogP contribution in [0.4, 0.5) is 0 Å². The van der Waals surface area contributed by atoms with E-state index in [-0.39, 0.29) is 0 Å². The molecule has 2 rings (SSSR count). The second-order valence-electron chi connectivity index (χ2n) is 5.87. The van der Waals surface area contributed by atoms with Crippen LogP contribution in [0.5, 0.6) is 0 Å². The summed E-state index contributed by atoms with van der Waals surface area (Å²) in [5.41, 5.74) is 0. The van der Waals surface area contributed by atoms with Crippen molar-refractivity contribution in [1.82, 2.24) is 15.1 Å². The highest BCUT2D eigenvalue weighted by Gasteiger charge is 2.18. The number of rotatable bonds is 6. The van der Waals surface area contributed by atoms with Gasteiger partial charge in [-0.1, -0.05) is 13.8 Å². The fraction of sp³-hybridized carbons (Fsp3) is 0.733. The van der Waals surface area contributed by atoms with Gasteiger partial charge in [0.2, 0.25) is 0 Å². The maximum Gasteiger partial charge on any atom is 0.118 e. The normalized spacial score (nSPS) is 18.3. The summed E-state index contributed by atoms with van der Waals surface area (Å²) in [6.45, 7) is 12.2. The molecule has 1 aromatic heterocycles. The molecule has 1 aromatic rings. The summed E-state index contributed by atoms with van der Waals surface area (Å²) in [6, 6.07) is 4.17. The highest BCUT2D eigenvalue weighted by Crippen LogP contribution is 2.13. The van der Waals surface area contributed by atoms with Gasteiger partial charge in [-0.2, -0.15) is 0 Å². The Labute approximate surface area is 116 Å². The fourth-order valence-electron chi connectivity index (χ4n) is 2.64. The van der Waals surface area contributed by atoms with Crippen LogP contribution in [0.3, 0.4) is 0 Å². The maximum absolute atomic E-state index is 5.80. The van der Waals surface area contributed by atoms with Crippen LogP contribution in [0.25, 0.3) is 0 Å². The average molecular weight is 265 g/mol. The molecule has 0 atom stereocenters. The Morgan fingerprint density at radius 2 is 1.74 bits per heavy atom. The molecule has 0 unspecified atom stereocenters. The number of nitrogens with one attached hydrogen (secondary N) is 1. The predicted molar refractivity (Wildman–Crippen MR) is 78.0 cm³/mol. The van der Waals surface area contributed by atoms with Gasteiger partial charge in [-0.25, -0.2) is 0 Å². The highest BCUT2D eigenvalue weighted by molar-refractivity contribution is 5.07. The van der Waals surface area contributed by atoms with E-state index in [1.54, 1.807) is 0 Å². The van der Waals surface area contributed by atoms with Crippen LogP contribution in [-0.2, 0) is 13.1 Å². The SMILES string of the molecule is CNCc1ccc(CN2CCN(CC(C)C)CC2)o1. The quantitative estimate of drug-likeness (QED) is 0.849. The maximum atomic E-state index is 5.80. The first-order valence-electron chi connectivity index (χ1n) is 7.34. The van der Waals surface area contributed by atoms with Gasteiger partial charge in [-0.05, 0) is 25.1 Å². The van der Waals surface area contributed by atoms with Crippen LogP contribution >= 0.6 is 0 Å². The van der Waals surface area contributed by atoms with Gasteiger partial charge in [-0.3, -0.25) is 4.90 Å². The summed E-state index contributed by atoms with van der Waals surface area (Å²) in [5.74, 6) is 2.87. The molecule has 4 nitrogen and oxygen atoms in total. The van der Waals surface area contributed by atoms with Crippen molar-refractivity contribution in [2.24, 2.45) is 5.92 Å². The second kappa shape index (κ2) is 7.08. The summed E-state index contributed by atoms with van der Waals surface area (Å²) >= 11 is 0. The average Bonchev–Trinajstić information content (AvgIpc) is 2.79. The lowest BCUT2D eigenvalue weighted by atomic mass is 10.2. The Morgan fingerprint density at radius 1 is 1.11 bits per heavy atom. The van der Waals surface area contributed by atoms with Gasteiger partial charge in [0, 0.05) is 32.7 Å². The highest BCUT2D eigenvalue weighted by atomic mass is 16.3. The standard InChI is InChI=1S/C15H27N3O/c1-13(2)11-17-6-8-18(9-7-17)12-15-5-4-14(19-15)10-16-3/h4-5,13,16H,6-12H2,1-3H3. The molecule has 0 radical (unpaired) electrons. The molecule has 1 N–H and O–H groups in total. The van der Waals surface area contributed by atoms with Crippen molar-refractivity contribution in [2.45, 2.75) is 26.9 Å². The molecule has 0 aliphatic carbocycles. The van der Waals surface area contributed by atoms with Gasteiger partial charge in [0.05, 0.1) is 13.1 Å². The van der Waals surface area contributed by atoms with Crippen LogP contribution in [0.2, 0.25) is 0 Å². The molecule has 1 aliphatic rings.